The van der Waals surface area contributed by atoms with Gasteiger partial charge in [0, 0.05) is 38.6 Å². The second-order valence-corrected chi connectivity index (χ2v) is 6.08. The summed E-state index contributed by atoms with van der Waals surface area (Å²) in [7, 11) is 0. The van der Waals surface area contributed by atoms with Gasteiger partial charge in [-0.25, -0.2) is 0 Å². The molecule has 4 nitrogen and oxygen atoms in total. The molecule has 0 bridgehead atoms. The Labute approximate surface area is 161 Å². The van der Waals surface area contributed by atoms with Crippen LogP contribution in [-0.4, -0.2) is 30.2 Å². The van der Waals surface area contributed by atoms with Gasteiger partial charge in [0.2, 0.25) is 0 Å². The van der Waals surface area contributed by atoms with Crippen LogP contribution in [0.4, 0.5) is 0 Å². The van der Waals surface area contributed by atoms with Gasteiger partial charge in [-0.2, -0.15) is 0 Å². The summed E-state index contributed by atoms with van der Waals surface area (Å²) >= 11 is 0. The van der Waals surface area contributed by atoms with Crippen molar-refractivity contribution < 1.29 is 0 Å². The van der Waals surface area contributed by atoms with E-state index < -0.39 is 0 Å². The third kappa shape index (κ3) is 5.54. The molecule has 1 aromatic heterocycles. The molecule has 0 amide bonds. The van der Waals surface area contributed by atoms with Crippen molar-refractivity contribution in [2.75, 3.05) is 19.6 Å². The molecular weight excluding hydrogens is 411 g/mol. The zero-order valence-corrected chi connectivity index (χ0v) is 16.5. The Morgan fingerprint density at radius 3 is 2.58 bits per heavy atom. The predicted octanol–water partition coefficient (Wildman–Crippen LogP) is 3.46. The van der Waals surface area contributed by atoms with E-state index in [1.165, 1.54) is 12.0 Å². The number of nitrogens with one attached hydrogen (secondary N) is 2. The summed E-state index contributed by atoms with van der Waals surface area (Å²) < 4.78 is 2.17. The summed E-state index contributed by atoms with van der Waals surface area (Å²) in [5, 5.41) is 6.74. The van der Waals surface area contributed by atoms with Crippen LogP contribution in [0.1, 0.15) is 24.8 Å². The van der Waals surface area contributed by atoms with E-state index in [-0.39, 0.29) is 24.0 Å². The zero-order chi connectivity index (χ0) is 15.9. The highest BCUT2D eigenvalue weighted by Crippen LogP contribution is 2.47. The molecule has 2 aromatic rings. The smallest absolute Gasteiger partial charge is 0.191 e. The van der Waals surface area contributed by atoms with Crippen molar-refractivity contribution in [1.82, 2.24) is 15.2 Å². The Morgan fingerprint density at radius 1 is 1.12 bits per heavy atom. The molecule has 1 aliphatic carbocycles. The molecule has 0 aliphatic heterocycles. The van der Waals surface area contributed by atoms with E-state index in [1.807, 2.05) is 0 Å². The van der Waals surface area contributed by atoms with Crippen LogP contribution >= 0.6 is 24.0 Å². The lowest BCUT2D eigenvalue weighted by molar-refractivity contribution is 0.663. The number of benzene rings is 1. The van der Waals surface area contributed by atoms with E-state index in [4.69, 9.17) is 4.99 Å². The minimum absolute atomic E-state index is 0. The third-order valence-corrected chi connectivity index (χ3v) is 4.31. The average Bonchev–Trinajstić information content (AvgIpc) is 3.18. The van der Waals surface area contributed by atoms with Crippen LogP contribution in [0.25, 0.3) is 0 Å². The molecule has 0 spiro atoms. The molecule has 1 aliphatic rings. The van der Waals surface area contributed by atoms with Crippen LogP contribution in [0.15, 0.2) is 59.9 Å². The molecule has 24 heavy (non-hydrogen) atoms. The topological polar surface area (TPSA) is 41.4 Å². The average molecular weight is 438 g/mol. The highest BCUT2D eigenvalue weighted by Gasteiger charge is 2.37. The van der Waals surface area contributed by atoms with Gasteiger partial charge in [0.1, 0.15) is 0 Å². The normalized spacial score (nSPS) is 19.5. The number of halogens is 1. The zero-order valence-electron chi connectivity index (χ0n) is 14.2. The Kier molecular flexibility index (Phi) is 7.62. The SMILES string of the molecule is CCNC(=NCC1CC1c1ccccc1)NCCn1cccc1.I. The summed E-state index contributed by atoms with van der Waals surface area (Å²) in [6, 6.07) is 14.9. The first-order valence-corrected chi connectivity index (χ1v) is 8.54. The van der Waals surface area contributed by atoms with Crippen LogP contribution in [0, 0.1) is 5.92 Å². The van der Waals surface area contributed by atoms with E-state index in [9.17, 15) is 0 Å². The van der Waals surface area contributed by atoms with E-state index in [0.717, 1.165) is 32.1 Å². The molecule has 5 heteroatoms. The Balaban J connectivity index is 0.00000208. The Morgan fingerprint density at radius 2 is 1.88 bits per heavy atom. The van der Waals surface area contributed by atoms with Gasteiger partial charge in [-0.15, -0.1) is 24.0 Å². The van der Waals surface area contributed by atoms with Gasteiger partial charge >= 0.3 is 0 Å². The van der Waals surface area contributed by atoms with Crippen molar-refractivity contribution >= 4 is 29.9 Å². The predicted molar refractivity (Wildman–Crippen MR) is 111 cm³/mol. The van der Waals surface area contributed by atoms with Crippen LogP contribution in [-0.2, 0) is 6.54 Å². The van der Waals surface area contributed by atoms with Gasteiger partial charge in [-0.05, 0) is 42.9 Å². The molecule has 0 radical (unpaired) electrons. The molecule has 1 heterocycles. The molecule has 1 aromatic carbocycles. The first-order valence-electron chi connectivity index (χ1n) is 8.54. The van der Waals surface area contributed by atoms with E-state index in [0.29, 0.717) is 11.8 Å². The summed E-state index contributed by atoms with van der Waals surface area (Å²) in [5.74, 6) is 2.32. The quantitative estimate of drug-likeness (QED) is 0.395. The Bertz CT molecular complexity index is 610. The van der Waals surface area contributed by atoms with E-state index in [2.05, 4.69) is 77.0 Å². The van der Waals surface area contributed by atoms with Gasteiger partial charge in [0.15, 0.2) is 5.96 Å². The van der Waals surface area contributed by atoms with Crippen molar-refractivity contribution in [2.24, 2.45) is 10.9 Å². The standard InChI is InChI=1S/C19H26N4.HI/c1-2-20-19(21-10-13-23-11-6-7-12-23)22-15-17-14-18(17)16-8-4-3-5-9-16;/h3-9,11-12,17-18H,2,10,13-15H2,1H3,(H2,20,21,22);1H. The minimum Gasteiger partial charge on any atom is -0.357 e. The third-order valence-electron chi connectivity index (χ3n) is 4.31. The van der Waals surface area contributed by atoms with Gasteiger partial charge in [0.25, 0.3) is 0 Å². The maximum Gasteiger partial charge on any atom is 0.191 e. The number of nitrogens with zero attached hydrogens (tertiary/aromatic N) is 2. The molecule has 1 fully saturated rings. The molecule has 0 saturated heterocycles. The monoisotopic (exact) mass is 438 g/mol. The number of aromatic nitrogens is 1. The summed E-state index contributed by atoms with van der Waals surface area (Å²) in [4.78, 5) is 4.76. The van der Waals surface area contributed by atoms with Crippen molar-refractivity contribution in [3.8, 4) is 0 Å². The van der Waals surface area contributed by atoms with Crippen LogP contribution in [0.2, 0.25) is 0 Å². The molecule has 3 rings (SSSR count). The fourth-order valence-corrected chi connectivity index (χ4v) is 2.93. The number of hydrogen-bond acceptors (Lipinski definition) is 1. The maximum absolute atomic E-state index is 4.76. The van der Waals surface area contributed by atoms with Crippen molar-refractivity contribution in [1.29, 1.82) is 0 Å². The van der Waals surface area contributed by atoms with Gasteiger partial charge in [0.05, 0.1) is 0 Å². The van der Waals surface area contributed by atoms with Gasteiger partial charge in [-0.3, -0.25) is 4.99 Å². The fraction of sp³-hybridized carbons (Fsp3) is 0.421. The number of guanidine groups is 1. The second-order valence-electron chi connectivity index (χ2n) is 6.08. The lowest BCUT2D eigenvalue weighted by atomic mass is 10.1. The molecule has 2 unspecified atom stereocenters. The fourth-order valence-electron chi connectivity index (χ4n) is 2.93. The number of aliphatic imine (C=N–C) groups is 1. The summed E-state index contributed by atoms with van der Waals surface area (Å²) in [6.07, 6.45) is 5.43. The summed E-state index contributed by atoms with van der Waals surface area (Å²) in [6.45, 7) is 5.73. The first kappa shape index (κ1) is 18.8. The lowest BCUT2D eigenvalue weighted by Crippen LogP contribution is -2.39. The lowest BCUT2D eigenvalue weighted by Gasteiger charge is -2.11. The molecular formula is C19H27IN4. The Hall–Kier alpha value is -1.50. The minimum atomic E-state index is 0. The van der Waals surface area contributed by atoms with Crippen LogP contribution in [0.5, 0.6) is 0 Å². The van der Waals surface area contributed by atoms with Gasteiger partial charge in [-0.1, -0.05) is 30.3 Å². The molecule has 2 N–H and O–H groups in total. The molecule has 1 saturated carbocycles. The number of hydrogen-bond donors (Lipinski definition) is 2. The molecule has 130 valence electrons. The van der Waals surface area contributed by atoms with E-state index in [1.54, 1.807) is 0 Å². The van der Waals surface area contributed by atoms with Crippen LogP contribution < -0.4 is 10.6 Å². The van der Waals surface area contributed by atoms with E-state index >= 15 is 0 Å². The summed E-state index contributed by atoms with van der Waals surface area (Å²) in [5.41, 5.74) is 1.46. The van der Waals surface area contributed by atoms with Crippen molar-refractivity contribution in [2.45, 2.75) is 25.8 Å². The second kappa shape index (κ2) is 9.71. The van der Waals surface area contributed by atoms with Crippen molar-refractivity contribution in [3.05, 3.63) is 60.4 Å². The number of rotatable bonds is 7. The van der Waals surface area contributed by atoms with Crippen molar-refractivity contribution in [3.63, 3.8) is 0 Å². The first-order chi connectivity index (χ1) is 11.4. The van der Waals surface area contributed by atoms with Crippen LogP contribution in [0.3, 0.4) is 0 Å². The molecule has 2 atom stereocenters. The highest BCUT2D eigenvalue weighted by molar-refractivity contribution is 14.0. The highest BCUT2D eigenvalue weighted by atomic mass is 127. The van der Waals surface area contributed by atoms with Gasteiger partial charge < -0.3 is 15.2 Å². The largest absolute Gasteiger partial charge is 0.357 e. The maximum atomic E-state index is 4.76.